The number of nitrogens with zero attached hydrogens (tertiary/aromatic N) is 2. The third kappa shape index (κ3) is 4.13. The van der Waals surface area contributed by atoms with Gasteiger partial charge in [0.05, 0.1) is 23.8 Å². The molecule has 1 saturated heterocycles. The molecule has 0 amide bonds. The molecule has 0 bridgehead atoms. The number of halogens is 2. The Morgan fingerprint density at radius 2 is 1.89 bits per heavy atom. The second kappa shape index (κ2) is 8.45. The van der Waals surface area contributed by atoms with E-state index in [0.717, 1.165) is 24.0 Å². The Labute approximate surface area is 172 Å². The first-order chi connectivity index (χ1) is 13.6. The van der Waals surface area contributed by atoms with E-state index in [1.165, 1.54) is 0 Å². The monoisotopic (exact) mass is 416 g/mol. The van der Waals surface area contributed by atoms with Crippen LogP contribution >= 0.6 is 23.2 Å². The summed E-state index contributed by atoms with van der Waals surface area (Å²) in [5, 5.41) is 1.88. The Balaban J connectivity index is 1.73. The van der Waals surface area contributed by atoms with Crippen LogP contribution in [0, 0.1) is 0 Å². The van der Waals surface area contributed by atoms with E-state index >= 15 is 0 Å². The molecule has 1 aliphatic rings. The smallest absolute Gasteiger partial charge is 0.343 e. The van der Waals surface area contributed by atoms with Gasteiger partial charge in [-0.3, -0.25) is 9.88 Å². The quantitative estimate of drug-likeness (QED) is 0.459. The minimum absolute atomic E-state index is 0.417. The van der Waals surface area contributed by atoms with Gasteiger partial charge in [-0.05, 0) is 42.5 Å². The van der Waals surface area contributed by atoms with E-state index in [9.17, 15) is 4.79 Å². The highest BCUT2D eigenvalue weighted by molar-refractivity contribution is 6.35. The summed E-state index contributed by atoms with van der Waals surface area (Å²) >= 11 is 12.4. The van der Waals surface area contributed by atoms with Crippen molar-refractivity contribution in [3.63, 3.8) is 0 Å². The maximum atomic E-state index is 12.7. The standard InChI is InChI=1S/C21H18Cl2N2O3/c22-16-5-3-14(4-6-16)21(26)28-20-15(13-25-8-10-27-11-9-25)12-18(23)17-2-1-7-24-19(17)20/h1-7,12H,8-11,13H2. The highest BCUT2D eigenvalue weighted by atomic mass is 35.5. The molecule has 0 aliphatic carbocycles. The van der Waals surface area contributed by atoms with Gasteiger partial charge in [-0.1, -0.05) is 23.2 Å². The Morgan fingerprint density at radius 3 is 2.64 bits per heavy atom. The van der Waals surface area contributed by atoms with Crippen molar-refractivity contribution in [2.75, 3.05) is 26.3 Å². The molecule has 1 fully saturated rings. The number of fused-ring (bicyclic) bond motifs is 1. The third-order valence-corrected chi connectivity index (χ3v) is 5.21. The van der Waals surface area contributed by atoms with Gasteiger partial charge in [-0.2, -0.15) is 0 Å². The van der Waals surface area contributed by atoms with Crippen LogP contribution in [-0.4, -0.2) is 42.2 Å². The molecule has 0 radical (unpaired) electrons. The number of rotatable bonds is 4. The number of carbonyl (C=O) groups excluding carboxylic acids is 1. The number of hydrogen-bond acceptors (Lipinski definition) is 5. The number of morpholine rings is 1. The van der Waals surface area contributed by atoms with Gasteiger partial charge in [0.25, 0.3) is 0 Å². The first-order valence-corrected chi connectivity index (χ1v) is 9.71. The van der Waals surface area contributed by atoms with Crippen molar-refractivity contribution in [2.45, 2.75) is 6.54 Å². The maximum absolute atomic E-state index is 12.7. The lowest BCUT2D eigenvalue weighted by Gasteiger charge is -2.27. The summed E-state index contributed by atoms with van der Waals surface area (Å²) in [6.45, 7) is 3.57. The zero-order valence-electron chi connectivity index (χ0n) is 15.0. The van der Waals surface area contributed by atoms with E-state index in [1.54, 1.807) is 36.5 Å². The number of ether oxygens (including phenoxy) is 2. The van der Waals surface area contributed by atoms with Gasteiger partial charge in [0.1, 0.15) is 5.52 Å². The van der Waals surface area contributed by atoms with Gasteiger partial charge in [-0.15, -0.1) is 0 Å². The van der Waals surface area contributed by atoms with Crippen molar-refractivity contribution in [1.29, 1.82) is 0 Å². The van der Waals surface area contributed by atoms with Crippen LogP contribution in [0.2, 0.25) is 10.0 Å². The maximum Gasteiger partial charge on any atom is 0.343 e. The molecular formula is C21H18Cl2N2O3. The molecule has 0 spiro atoms. The molecule has 0 unspecified atom stereocenters. The predicted octanol–water partition coefficient (Wildman–Crippen LogP) is 4.59. The van der Waals surface area contributed by atoms with Crippen LogP contribution in [0.5, 0.6) is 5.75 Å². The lowest BCUT2D eigenvalue weighted by atomic mass is 10.1. The van der Waals surface area contributed by atoms with Crippen molar-refractivity contribution in [1.82, 2.24) is 9.88 Å². The number of esters is 1. The normalized spacial score (nSPS) is 14.9. The van der Waals surface area contributed by atoms with Crippen LogP contribution in [0.3, 0.4) is 0 Å². The molecule has 28 heavy (non-hydrogen) atoms. The lowest BCUT2D eigenvalue weighted by molar-refractivity contribution is 0.0337. The van der Waals surface area contributed by atoms with E-state index in [2.05, 4.69) is 9.88 Å². The number of benzene rings is 2. The highest BCUT2D eigenvalue weighted by Crippen LogP contribution is 2.35. The fourth-order valence-electron chi connectivity index (χ4n) is 3.20. The van der Waals surface area contributed by atoms with Gasteiger partial charge in [0, 0.05) is 41.8 Å². The van der Waals surface area contributed by atoms with Crippen LogP contribution in [0.25, 0.3) is 10.9 Å². The fraction of sp³-hybridized carbons (Fsp3) is 0.238. The lowest BCUT2D eigenvalue weighted by Crippen LogP contribution is -2.35. The summed E-state index contributed by atoms with van der Waals surface area (Å²) in [7, 11) is 0. The zero-order valence-corrected chi connectivity index (χ0v) is 16.5. The first-order valence-electron chi connectivity index (χ1n) is 8.96. The van der Waals surface area contributed by atoms with E-state index in [1.807, 2.05) is 12.1 Å². The highest BCUT2D eigenvalue weighted by Gasteiger charge is 2.21. The summed E-state index contributed by atoms with van der Waals surface area (Å²) in [6, 6.07) is 12.1. The molecule has 0 N–H and O–H groups in total. The summed E-state index contributed by atoms with van der Waals surface area (Å²) < 4.78 is 11.2. The van der Waals surface area contributed by atoms with Gasteiger partial charge < -0.3 is 9.47 Å². The number of pyridine rings is 1. The van der Waals surface area contributed by atoms with Crippen molar-refractivity contribution in [2.24, 2.45) is 0 Å². The molecule has 3 aromatic rings. The minimum atomic E-state index is -0.464. The Kier molecular flexibility index (Phi) is 5.78. The molecule has 2 heterocycles. The van der Waals surface area contributed by atoms with Crippen LogP contribution in [0.4, 0.5) is 0 Å². The van der Waals surface area contributed by atoms with E-state index in [4.69, 9.17) is 32.7 Å². The summed E-state index contributed by atoms with van der Waals surface area (Å²) in [4.78, 5) is 19.4. The third-order valence-electron chi connectivity index (χ3n) is 4.65. The number of hydrogen-bond donors (Lipinski definition) is 0. The van der Waals surface area contributed by atoms with Crippen LogP contribution in [0.1, 0.15) is 15.9 Å². The average Bonchev–Trinajstić information content (AvgIpc) is 2.72. The van der Waals surface area contributed by atoms with Gasteiger partial charge in [0.15, 0.2) is 5.75 Å². The van der Waals surface area contributed by atoms with Gasteiger partial charge >= 0.3 is 5.97 Å². The molecule has 4 rings (SSSR count). The first kappa shape index (κ1) is 19.2. The molecule has 1 aromatic heterocycles. The minimum Gasteiger partial charge on any atom is -0.420 e. The van der Waals surface area contributed by atoms with Crippen LogP contribution in [-0.2, 0) is 11.3 Å². The summed E-state index contributed by atoms with van der Waals surface area (Å²) in [5.41, 5.74) is 1.81. The van der Waals surface area contributed by atoms with Crippen molar-refractivity contribution in [3.05, 3.63) is 69.8 Å². The van der Waals surface area contributed by atoms with E-state index in [0.29, 0.717) is 46.6 Å². The van der Waals surface area contributed by atoms with Crippen LogP contribution in [0.15, 0.2) is 48.7 Å². The topological polar surface area (TPSA) is 51.7 Å². The van der Waals surface area contributed by atoms with E-state index < -0.39 is 5.97 Å². The van der Waals surface area contributed by atoms with Gasteiger partial charge in [0.2, 0.25) is 0 Å². The molecule has 0 saturated carbocycles. The molecule has 2 aromatic carbocycles. The second-order valence-corrected chi connectivity index (χ2v) is 7.37. The molecule has 0 atom stereocenters. The summed E-state index contributed by atoms with van der Waals surface area (Å²) in [5.74, 6) is -0.0272. The van der Waals surface area contributed by atoms with Gasteiger partial charge in [-0.25, -0.2) is 4.79 Å². The number of aromatic nitrogens is 1. The zero-order chi connectivity index (χ0) is 19.5. The Morgan fingerprint density at radius 1 is 1.14 bits per heavy atom. The summed E-state index contributed by atoms with van der Waals surface area (Å²) in [6.07, 6.45) is 1.66. The Bertz CT molecular complexity index is 1000. The average molecular weight is 417 g/mol. The SMILES string of the molecule is O=C(Oc1c(CN2CCOCC2)cc(Cl)c2cccnc12)c1ccc(Cl)cc1. The number of carbonyl (C=O) groups is 1. The fourth-order valence-corrected chi connectivity index (χ4v) is 3.61. The Hall–Kier alpha value is -2.18. The molecule has 5 nitrogen and oxygen atoms in total. The van der Waals surface area contributed by atoms with Crippen LogP contribution < -0.4 is 4.74 Å². The van der Waals surface area contributed by atoms with Crippen molar-refractivity contribution in [3.8, 4) is 5.75 Å². The second-order valence-electron chi connectivity index (χ2n) is 6.53. The van der Waals surface area contributed by atoms with Crippen molar-refractivity contribution >= 4 is 40.1 Å². The van der Waals surface area contributed by atoms with Crippen molar-refractivity contribution < 1.29 is 14.3 Å². The largest absolute Gasteiger partial charge is 0.420 e. The van der Waals surface area contributed by atoms with E-state index in [-0.39, 0.29) is 0 Å². The molecular weight excluding hydrogens is 399 g/mol. The molecule has 144 valence electrons. The molecule has 7 heteroatoms. The molecule has 1 aliphatic heterocycles. The predicted molar refractivity (Wildman–Crippen MR) is 109 cm³/mol.